The smallest absolute Gasteiger partial charge is 0.125 e. The summed E-state index contributed by atoms with van der Waals surface area (Å²) in [7, 11) is 0. The lowest BCUT2D eigenvalue weighted by atomic mass is 10.1. The van der Waals surface area contributed by atoms with Crippen LogP contribution >= 0.6 is 23.2 Å². The summed E-state index contributed by atoms with van der Waals surface area (Å²) in [5.41, 5.74) is 7.85. The van der Waals surface area contributed by atoms with E-state index in [1.54, 1.807) is 18.2 Å². The van der Waals surface area contributed by atoms with Crippen LogP contribution < -0.4 is 10.6 Å². The Kier molecular flexibility index (Phi) is 4.73. The van der Waals surface area contributed by atoms with Crippen LogP contribution in [-0.4, -0.2) is 6.54 Å². The van der Waals surface area contributed by atoms with E-state index in [4.69, 9.17) is 28.9 Å². The first-order valence-electron chi connectivity index (χ1n) is 6.25. The second kappa shape index (κ2) is 6.33. The van der Waals surface area contributed by atoms with Gasteiger partial charge in [0.05, 0.1) is 15.7 Å². The number of nitrogens with two attached hydrogens (primary N) is 1. The van der Waals surface area contributed by atoms with Gasteiger partial charge in [0, 0.05) is 18.8 Å². The maximum absolute atomic E-state index is 13.3. The summed E-state index contributed by atoms with van der Waals surface area (Å²) in [6.07, 6.45) is 0. The van der Waals surface area contributed by atoms with Crippen molar-refractivity contribution in [3.8, 4) is 0 Å². The summed E-state index contributed by atoms with van der Waals surface area (Å²) in [5.74, 6) is -0.255. The van der Waals surface area contributed by atoms with E-state index >= 15 is 0 Å². The van der Waals surface area contributed by atoms with Crippen molar-refractivity contribution in [1.82, 2.24) is 0 Å². The highest BCUT2D eigenvalue weighted by molar-refractivity contribution is 6.38. The molecule has 0 aliphatic heterocycles. The Morgan fingerprint density at radius 2 is 1.80 bits per heavy atom. The molecule has 0 fully saturated rings. The van der Waals surface area contributed by atoms with Crippen molar-refractivity contribution in [3.63, 3.8) is 0 Å². The zero-order valence-corrected chi connectivity index (χ0v) is 12.5. The molecule has 0 atom stereocenters. The molecule has 5 heteroatoms. The van der Waals surface area contributed by atoms with E-state index in [0.717, 1.165) is 17.8 Å². The Balaban J connectivity index is 2.27. The molecule has 0 aliphatic rings. The molecule has 0 bridgehead atoms. The molecule has 0 saturated carbocycles. The monoisotopic (exact) mass is 312 g/mol. The molecule has 0 spiro atoms. The Labute approximate surface area is 127 Å². The van der Waals surface area contributed by atoms with Crippen molar-refractivity contribution < 1.29 is 4.39 Å². The summed E-state index contributed by atoms with van der Waals surface area (Å²) in [5, 5.41) is 0.866. The summed E-state index contributed by atoms with van der Waals surface area (Å²) in [6, 6.07) is 10.1. The van der Waals surface area contributed by atoms with Gasteiger partial charge in [-0.25, -0.2) is 4.39 Å². The highest BCUT2D eigenvalue weighted by Crippen LogP contribution is 2.30. The quantitative estimate of drug-likeness (QED) is 0.826. The van der Waals surface area contributed by atoms with Crippen molar-refractivity contribution in [1.29, 1.82) is 0 Å². The summed E-state index contributed by atoms with van der Waals surface area (Å²) in [6.45, 7) is 3.33. The van der Waals surface area contributed by atoms with Crippen LogP contribution in [-0.2, 0) is 6.54 Å². The third-order valence-corrected chi connectivity index (χ3v) is 3.69. The first kappa shape index (κ1) is 14.9. The molecule has 0 amide bonds. The predicted octanol–water partition coefficient (Wildman–Crippen LogP) is 4.74. The molecule has 20 heavy (non-hydrogen) atoms. The topological polar surface area (TPSA) is 29.3 Å². The van der Waals surface area contributed by atoms with Gasteiger partial charge in [0.25, 0.3) is 0 Å². The van der Waals surface area contributed by atoms with Crippen LogP contribution in [0, 0.1) is 5.82 Å². The molecule has 0 aromatic heterocycles. The molecule has 106 valence electrons. The number of rotatable bonds is 4. The van der Waals surface area contributed by atoms with Gasteiger partial charge in [-0.2, -0.15) is 0 Å². The van der Waals surface area contributed by atoms with Crippen molar-refractivity contribution >= 4 is 34.6 Å². The average molecular weight is 313 g/mol. The maximum Gasteiger partial charge on any atom is 0.125 e. The lowest BCUT2D eigenvalue weighted by Gasteiger charge is -2.23. The minimum Gasteiger partial charge on any atom is -0.396 e. The molecule has 0 unspecified atom stereocenters. The Hall–Kier alpha value is -1.45. The number of hydrogen-bond donors (Lipinski definition) is 1. The second-order valence-electron chi connectivity index (χ2n) is 4.47. The third-order valence-electron chi connectivity index (χ3n) is 3.07. The number of hydrogen-bond acceptors (Lipinski definition) is 2. The van der Waals surface area contributed by atoms with E-state index in [1.165, 1.54) is 12.1 Å². The van der Waals surface area contributed by atoms with Crippen molar-refractivity contribution in [2.75, 3.05) is 17.2 Å². The predicted molar refractivity (Wildman–Crippen MR) is 84.0 cm³/mol. The largest absolute Gasteiger partial charge is 0.396 e. The fraction of sp³-hybridized carbons (Fsp3) is 0.200. The average Bonchev–Trinajstić information content (AvgIpc) is 2.42. The molecule has 2 aromatic rings. The normalized spacial score (nSPS) is 10.6. The van der Waals surface area contributed by atoms with E-state index in [1.807, 2.05) is 17.9 Å². The fourth-order valence-electron chi connectivity index (χ4n) is 2.01. The van der Waals surface area contributed by atoms with E-state index < -0.39 is 0 Å². The molecule has 2 nitrogen and oxygen atoms in total. The molecule has 2 rings (SSSR count). The lowest BCUT2D eigenvalue weighted by Crippen LogP contribution is -2.22. The number of benzene rings is 2. The third kappa shape index (κ3) is 3.35. The van der Waals surface area contributed by atoms with E-state index in [2.05, 4.69) is 0 Å². The van der Waals surface area contributed by atoms with E-state index in [-0.39, 0.29) is 5.82 Å². The molecular formula is C15H15Cl2FN2. The fourth-order valence-corrected chi connectivity index (χ4v) is 2.54. The first-order chi connectivity index (χ1) is 9.51. The van der Waals surface area contributed by atoms with Gasteiger partial charge >= 0.3 is 0 Å². The summed E-state index contributed by atoms with van der Waals surface area (Å²) < 4.78 is 13.3. The Morgan fingerprint density at radius 3 is 2.35 bits per heavy atom. The van der Waals surface area contributed by atoms with Gasteiger partial charge in [-0.05, 0) is 42.8 Å². The molecule has 0 saturated heterocycles. The van der Waals surface area contributed by atoms with Crippen LogP contribution in [0.3, 0.4) is 0 Å². The van der Waals surface area contributed by atoms with Crippen LogP contribution in [0.1, 0.15) is 12.5 Å². The molecule has 0 aliphatic carbocycles. The van der Waals surface area contributed by atoms with Gasteiger partial charge in [0.1, 0.15) is 5.82 Å². The Bertz CT molecular complexity index is 594. The summed E-state index contributed by atoms with van der Waals surface area (Å²) >= 11 is 12.1. The lowest BCUT2D eigenvalue weighted by molar-refractivity contribution is 0.626. The number of anilines is 2. The van der Waals surface area contributed by atoms with E-state index in [0.29, 0.717) is 22.3 Å². The van der Waals surface area contributed by atoms with Crippen LogP contribution in [0.25, 0.3) is 0 Å². The summed E-state index contributed by atoms with van der Waals surface area (Å²) in [4.78, 5) is 2.03. The zero-order valence-electron chi connectivity index (χ0n) is 11.0. The standard InChI is InChI=1S/C15H15Cl2FN2/c1-2-20(12-5-3-4-11(18)8-12)9-10-6-13(16)15(19)14(17)7-10/h3-8H,2,9,19H2,1H3. The van der Waals surface area contributed by atoms with Crippen molar-refractivity contribution in [2.45, 2.75) is 13.5 Å². The van der Waals surface area contributed by atoms with Gasteiger partial charge in [-0.3, -0.25) is 0 Å². The van der Waals surface area contributed by atoms with E-state index in [9.17, 15) is 4.39 Å². The van der Waals surface area contributed by atoms with Gasteiger partial charge in [0.15, 0.2) is 0 Å². The van der Waals surface area contributed by atoms with Crippen LogP contribution in [0.5, 0.6) is 0 Å². The van der Waals surface area contributed by atoms with Gasteiger partial charge in [-0.15, -0.1) is 0 Å². The number of nitrogens with zero attached hydrogens (tertiary/aromatic N) is 1. The highest BCUT2D eigenvalue weighted by atomic mass is 35.5. The molecular weight excluding hydrogens is 298 g/mol. The van der Waals surface area contributed by atoms with Gasteiger partial charge < -0.3 is 10.6 Å². The molecule has 2 N–H and O–H groups in total. The second-order valence-corrected chi connectivity index (χ2v) is 5.28. The van der Waals surface area contributed by atoms with Crippen molar-refractivity contribution in [2.24, 2.45) is 0 Å². The molecule has 0 heterocycles. The van der Waals surface area contributed by atoms with Crippen LogP contribution in [0.4, 0.5) is 15.8 Å². The molecule has 0 radical (unpaired) electrons. The van der Waals surface area contributed by atoms with Crippen molar-refractivity contribution in [3.05, 3.63) is 57.8 Å². The zero-order chi connectivity index (χ0) is 14.7. The van der Waals surface area contributed by atoms with Gasteiger partial charge in [0.2, 0.25) is 0 Å². The minimum absolute atomic E-state index is 0.255. The van der Waals surface area contributed by atoms with Crippen LogP contribution in [0.15, 0.2) is 36.4 Å². The molecule has 2 aromatic carbocycles. The number of halogens is 3. The SMILES string of the molecule is CCN(Cc1cc(Cl)c(N)c(Cl)c1)c1cccc(F)c1. The highest BCUT2D eigenvalue weighted by Gasteiger charge is 2.10. The minimum atomic E-state index is -0.255. The number of nitrogen functional groups attached to an aromatic ring is 1. The maximum atomic E-state index is 13.3. The van der Waals surface area contributed by atoms with Crippen LogP contribution in [0.2, 0.25) is 10.0 Å². The van der Waals surface area contributed by atoms with Gasteiger partial charge in [-0.1, -0.05) is 29.3 Å². The Morgan fingerprint density at radius 1 is 1.15 bits per heavy atom. The first-order valence-corrected chi connectivity index (χ1v) is 7.00.